The summed E-state index contributed by atoms with van der Waals surface area (Å²) in [5.74, 6) is 0.500. The molecule has 2 heterocycles. The molecule has 3 aromatic carbocycles. The van der Waals surface area contributed by atoms with E-state index in [4.69, 9.17) is 9.40 Å². The van der Waals surface area contributed by atoms with Gasteiger partial charge in [0.05, 0.1) is 5.69 Å². The number of hydrogen-bond donors (Lipinski definition) is 0. The Morgan fingerprint density at radius 1 is 0.875 bits per heavy atom. The highest BCUT2D eigenvalue weighted by molar-refractivity contribution is 6.12. The van der Waals surface area contributed by atoms with Crippen LogP contribution in [0.3, 0.4) is 0 Å². The quantitative estimate of drug-likeness (QED) is 0.281. The van der Waals surface area contributed by atoms with Gasteiger partial charge in [-0.1, -0.05) is 52.0 Å². The molecular formula is C29H28FNO. The molecule has 0 spiro atoms. The predicted octanol–water partition coefficient (Wildman–Crippen LogP) is 8.97. The van der Waals surface area contributed by atoms with E-state index in [0.717, 1.165) is 56.8 Å². The molecule has 0 saturated carbocycles. The number of hydrogen-bond acceptors (Lipinski definition) is 2. The summed E-state index contributed by atoms with van der Waals surface area (Å²) in [5, 5.41) is 4.09. The summed E-state index contributed by atoms with van der Waals surface area (Å²) in [7, 11) is 0. The van der Waals surface area contributed by atoms with Crippen LogP contribution < -0.4 is 0 Å². The normalized spacial score (nSPS) is 12.1. The number of furan rings is 1. The molecule has 0 N–H and O–H groups in total. The van der Waals surface area contributed by atoms with Crippen LogP contribution in [0.2, 0.25) is 0 Å². The van der Waals surface area contributed by atoms with Crippen LogP contribution in [0.25, 0.3) is 44.0 Å². The van der Waals surface area contributed by atoms with Crippen molar-refractivity contribution in [2.24, 2.45) is 0 Å². The van der Waals surface area contributed by atoms with Crippen LogP contribution in [-0.2, 0) is 0 Å². The van der Waals surface area contributed by atoms with Gasteiger partial charge in [-0.15, -0.1) is 0 Å². The Morgan fingerprint density at radius 2 is 1.66 bits per heavy atom. The van der Waals surface area contributed by atoms with Gasteiger partial charge >= 0.3 is 0 Å². The van der Waals surface area contributed by atoms with Crippen LogP contribution in [0.4, 0.5) is 4.39 Å². The molecule has 2 aromatic heterocycles. The Hall–Kier alpha value is -3.20. The van der Waals surface area contributed by atoms with Gasteiger partial charge in [0.25, 0.3) is 0 Å². The lowest BCUT2D eigenvalue weighted by molar-refractivity contribution is 0.628. The molecule has 5 aromatic rings. The van der Waals surface area contributed by atoms with Crippen molar-refractivity contribution in [2.75, 3.05) is 0 Å². The van der Waals surface area contributed by atoms with E-state index in [1.54, 1.807) is 12.1 Å². The summed E-state index contributed by atoms with van der Waals surface area (Å²) in [6, 6.07) is 17.6. The third kappa shape index (κ3) is 3.28. The second-order valence-electron chi connectivity index (χ2n) is 8.96. The molecule has 0 radical (unpaired) electrons. The first-order chi connectivity index (χ1) is 15.5. The molecule has 5 rings (SSSR count). The minimum absolute atomic E-state index is 0.247. The van der Waals surface area contributed by atoms with Crippen molar-refractivity contribution >= 4 is 32.7 Å². The molecule has 0 aliphatic carbocycles. The highest BCUT2D eigenvalue weighted by Crippen LogP contribution is 2.41. The van der Waals surface area contributed by atoms with Gasteiger partial charge in [-0.05, 0) is 71.5 Å². The standard InChI is InChI=1S/C29H28FNO/c1-5-18(6-2)26-16-31-28(23-15-20(30)11-12-21(23)26)25-14-19(17(3)4)13-24-22-9-7-8-10-27(22)32-29(24)25/h7-18H,5-6H2,1-4H3. The Balaban J connectivity index is 1.89. The average molecular weight is 426 g/mol. The maximum absolute atomic E-state index is 14.5. The molecule has 0 aliphatic rings. The van der Waals surface area contributed by atoms with E-state index in [1.807, 2.05) is 30.5 Å². The fourth-order valence-electron chi connectivity index (χ4n) is 4.86. The van der Waals surface area contributed by atoms with Crippen molar-refractivity contribution < 1.29 is 8.81 Å². The van der Waals surface area contributed by atoms with Gasteiger partial charge in [0.15, 0.2) is 0 Å². The molecule has 0 amide bonds. The summed E-state index contributed by atoms with van der Waals surface area (Å²) in [6.07, 6.45) is 4.05. The second-order valence-corrected chi connectivity index (χ2v) is 8.96. The Morgan fingerprint density at radius 3 is 2.41 bits per heavy atom. The average Bonchev–Trinajstić information content (AvgIpc) is 3.18. The van der Waals surface area contributed by atoms with E-state index < -0.39 is 0 Å². The van der Waals surface area contributed by atoms with Crippen molar-refractivity contribution in [1.82, 2.24) is 4.98 Å². The lowest BCUT2D eigenvalue weighted by Gasteiger charge is -2.18. The van der Waals surface area contributed by atoms with Gasteiger partial charge in [-0.2, -0.15) is 0 Å². The smallest absolute Gasteiger partial charge is 0.144 e. The molecule has 0 unspecified atom stereocenters. The van der Waals surface area contributed by atoms with Crippen LogP contribution in [0, 0.1) is 5.82 Å². The molecule has 0 aliphatic heterocycles. The number of nitrogens with zero attached hydrogens (tertiary/aromatic N) is 1. The Labute approximate surface area is 188 Å². The van der Waals surface area contributed by atoms with Crippen LogP contribution in [0.1, 0.15) is 63.5 Å². The van der Waals surface area contributed by atoms with E-state index in [0.29, 0.717) is 11.8 Å². The number of rotatable bonds is 5. The first-order valence-corrected chi connectivity index (χ1v) is 11.6. The zero-order chi connectivity index (χ0) is 22.4. The largest absolute Gasteiger partial charge is 0.455 e. The fourth-order valence-corrected chi connectivity index (χ4v) is 4.86. The number of benzene rings is 3. The van der Waals surface area contributed by atoms with Crippen molar-refractivity contribution in [3.63, 3.8) is 0 Å². The molecule has 0 atom stereocenters. The van der Waals surface area contributed by atoms with Crippen molar-refractivity contribution in [2.45, 2.75) is 52.4 Å². The van der Waals surface area contributed by atoms with Crippen molar-refractivity contribution in [1.29, 1.82) is 0 Å². The van der Waals surface area contributed by atoms with Gasteiger partial charge in [0.2, 0.25) is 0 Å². The summed E-state index contributed by atoms with van der Waals surface area (Å²) in [6.45, 7) is 8.77. The molecule has 2 nitrogen and oxygen atoms in total. The number of aromatic nitrogens is 1. The van der Waals surface area contributed by atoms with Crippen LogP contribution in [-0.4, -0.2) is 4.98 Å². The van der Waals surface area contributed by atoms with E-state index >= 15 is 0 Å². The first-order valence-electron chi connectivity index (χ1n) is 11.6. The topological polar surface area (TPSA) is 26.0 Å². The highest BCUT2D eigenvalue weighted by Gasteiger charge is 2.20. The Bertz CT molecular complexity index is 1440. The fraction of sp³-hybridized carbons (Fsp3) is 0.276. The maximum atomic E-state index is 14.5. The lowest BCUT2D eigenvalue weighted by atomic mass is 9.89. The maximum Gasteiger partial charge on any atom is 0.144 e. The van der Waals surface area contributed by atoms with Crippen molar-refractivity contribution in [3.8, 4) is 11.3 Å². The van der Waals surface area contributed by atoms with E-state index in [9.17, 15) is 4.39 Å². The summed E-state index contributed by atoms with van der Waals surface area (Å²) in [5.41, 5.74) is 5.77. The van der Waals surface area contributed by atoms with E-state index in [2.05, 4.69) is 45.9 Å². The number of para-hydroxylation sites is 1. The summed E-state index contributed by atoms with van der Waals surface area (Å²) in [4.78, 5) is 4.93. The SMILES string of the molecule is CCC(CC)c1cnc(-c2cc(C(C)C)cc3c2oc2ccccc23)c2cc(F)ccc12. The first kappa shape index (κ1) is 20.7. The zero-order valence-corrected chi connectivity index (χ0v) is 19.1. The van der Waals surface area contributed by atoms with Gasteiger partial charge in [0.1, 0.15) is 17.0 Å². The molecule has 32 heavy (non-hydrogen) atoms. The molecule has 162 valence electrons. The molecular weight excluding hydrogens is 397 g/mol. The predicted molar refractivity (Wildman–Crippen MR) is 132 cm³/mol. The van der Waals surface area contributed by atoms with Crippen molar-refractivity contribution in [3.05, 3.63) is 77.7 Å². The van der Waals surface area contributed by atoms with Crippen LogP contribution in [0.15, 0.2) is 65.2 Å². The summed E-state index contributed by atoms with van der Waals surface area (Å²) < 4.78 is 20.8. The number of halogens is 1. The minimum atomic E-state index is -0.247. The number of pyridine rings is 1. The third-order valence-corrected chi connectivity index (χ3v) is 6.73. The zero-order valence-electron chi connectivity index (χ0n) is 19.1. The van der Waals surface area contributed by atoms with Gasteiger partial charge < -0.3 is 4.42 Å². The Kier molecular flexibility index (Phi) is 5.21. The van der Waals surface area contributed by atoms with Crippen LogP contribution in [0.5, 0.6) is 0 Å². The minimum Gasteiger partial charge on any atom is -0.455 e. The molecule has 0 fully saturated rings. The van der Waals surface area contributed by atoms with Gasteiger partial charge in [-0.25, -0.2) is 4.39 Å². The molecule has 3 heteroatoms. The van der Waals surface area contributed by atoms with Gasteiger partial charge in [-0.3, -0.25) is 4.98 Å². The molecule has 0 bridgehead atoms. The molecule has 0 saturated heterocycles. The summed E-state index contributed by atoms with van der Waals surface area (Å²) >= 11 is 0. The van der Waals surface area contributed by atoms with Crippen LogP contribution >= 0.6 is 0 Å². The second kappa shape index (κ2) is 8.05. The van der Waals surface area contributed by atoms with Gasteiger partial charge in [0, 0.05) is 27.9 Å². The van der Waals surface area contributed by atoms with E-state index in [1.165, 1.54) is 11.1 Å². The third-order valence-electron chi connectivity index (χ3n) is 6.73. The van der Waals surface area contributed by atoms with E-state index in [-0.39, 0.29) is 5.82 Å². The monoisotopic (exact) mass is 425 g/mol. The number of fused-ring (bicyclic) bond motifs is 4. The highest BCUT2D eigenvalue weighted by atomic mass is 19.1. The lowest BCUT2D eigenvalue weighted by Crippen LogP contribution is -2.00.